The summed E-state index contributed by atoms with van der Waals surface area (Å²) in [6, 6.07) is 15.1. The molecule has 0 spiro atoms. The number of piperazine rings is 1. The van der Waals surface area contributed by atoms with Gasteiger partial charge >= 0.3 is 0 Å². The molecule has 0 N–H and O–H groups in total. The van der Waals surface area contributed by atoms with Crippen molar-refractivity contribution < 1.29 is 4.79 Å². The maximum absolute atomic E-state index is 13.3. The van der Waals surface area contributed by atoms with Crippen molar-refractivity contribution in [3.8, 4) is 5.69 Å². The Balaban J connectivity index is 1.69. The van der Waals surface area contributed by atoms with Crippen molar-refractivity contribution in [2.45, 2.75) is 12.1 Å². The summed E-state index contributed by atoms with van der Waals surface area (Å²) in [4.78, 5) is 34.8. The smallest absolute Gasteiger partial charge is 0.266 e. The van der Waals surface area contributed by atoms with E-state index in [-0.39, 0.29) is 17.2 Å². The van der Waals surface area contributed by atoms with Crippen molar-refractivity contribution in [3.05, 3.63) is 64.4 Å². The van der Waals surface area contributed by atoms with Gasteiger partial charge < -0.3 is 9.80 Å². The number of benzene rings is 2. The van der Waals surface area contributed by atoms with Crippen LogP contribution in [-0.2, 0) is 4.79 Å². The topological polar surface area (TPSA) is 58.4 Å². The summed E-state index contributed by atoms with van der Waals surface area (Å²) >= 11 is 1.33. The second kappa shape index (κ2) is 8.39. The summed E-state index contributed by atoms with van der Waals surface area (Å²) in [5, 5.41) is 1.12. The summed E-state index contributed by atoms with van der Waals surface area (Å²) < 4.78 is 1.64. The molecule has 0 radical (unpaired) electrons. The average Bonchev–Trinajstić information content (AvgIpc) is 2.73. The van der Waals surface area contributed by atoms with E-state index in [4.69, 9.17) is 4.98 Å². The van der Waals surface area contributed by atoms with E-state index in [1.54, 1.807) is 10.6 Å². The predicted octanol–water partition coefficient (Wildman–Crippen LogP) is 2.56. The quantitative estimate of drug-likeness (QED) is 0.491. The van der Waals surface area contributed by atoms with Gasteiger partial charge in [-0.05, 0) is 37.7 Å². The van der Waals surface area contributed by atoms with E-state index >= 15 is 0 Å². The molecule has 1 amide bonds. The highest BCUT2D eigenvalue weighted by Gasteiger charge is 2.21. The van der Waals surface area contributed by atoms with Crippen LogP contribution >= 0.6 is 11.8 Å². The number of fused-ring (bicyclic) bond motifs is 1. The maximum atomic E-state index is 13.3. The number of para-hydroxylation sites is 2. The van der Waals surface area contributed by atoms with E-state index < -0.39 is 0 Å². The molecule has 1 aliphatic rings. The molecule has 3 aromatic rings. The minimum absolute atomic E-state index is 0.0850. The van der Waals surface area contributed by atoms with Crippen molar-refractivity contribution in [1.82, 2.24) is 19.4 Å². The minimum Gasteiger partial charge on any atom is -0.339 e. The molecule has 4 rings (SSSR count). The van der Waals surface area contributed by atoms with Gasteiger partial charge in [-0.1, -0.05) is 42.1 Å². The molecule has 0 atom stereocenters. The second-order valence-corrected chi connectivity index (χ2v) is 8.25. The fraction of sp³-hybridized carbons (Fsp3) is 0.318. The number of amides is 1. The number of hydrogen-bond acceptors (Lipinski definition) is 5. The molecular weight excluding hydrogens is 384 g/mol. The van der Waals surface area contributed by atoms with Gasteiger partial charge in [-0.2, -0.15) is 0 Å². The van der Waals surface area contributed by atoms with Gasteiger partial charge in [0.25, 0.3) is 5.56 Å². The molecule has 29 heavy (non-hydrogen) atoms. The predicted molar refractivity (Wildman–Crippen MR) is 117 cm³/mol. The fourth-order valence-electron chi connectivity index (χ4n) is 3.51. The van der Waals surface area contributed by atoms with Crippen LogP contribution in [0.25, 0.3) is 16.6 Å². The molecule has 150 valence electrons. The van der Waals surface area contributed by atoms with E-state index in [1.165, 1.54) is 11.8 Å². The number of hydrogen-bond donors (Lipinski definition) is 0. The third kappa shape index (κ3) is 4.06. The fourth-order valence-corrected chi connectivity index (χ4v) is 4.42. The highest BCUT2D eigenvalue weighted by Crippen LogP contribution is 2.23. The minimum atomic E-state index is -0.112. The summed E-state index contributed by atoms with van der Waals surface area (Å²) in [5.41, 5.74) is 2.32. The monoisotopic (exact) mass is 408 g/mol. The number of aromatic nitrogens is 2. The lowest BCUT2D eigenvalue weighted by molar-refractivity contribution is -0.129. The third-order valence-electron chi connectivity index (χ3n) is 5.28. The Bertz CT molecular complexity index is 1100. The number of thioether (sulfide) groups is 1. The molecule has 0 saturated carbocycles. The van der Waals surface area contributed by atoms with Crippen LogP contribution in [0.2, 0.25) is 0 Å². The first kappa shape index (κ1) is 19.7. The SMILES string of the molecule is Cc1ccccc1-n1c(SCC(=O)N2CCN(C)CC2)nc2ccccc2c1=O. The van der Waals surface area contributed by atoms with E-state index in [0.29, 0.717) is 16.1 Å². The Morgan fingerprint density at radius 1 is 1.03 bits per heavy atom. The van der Waals surface area contributed by atoms with Gasteiger partial charge in [-0.3, -0.25) is 14.2 Å². The first-order valence-corrected chi connectivity index (χ1v) is 10.7. The van der Waals surface area contributed by atoms with Crippen LogP contribution < -0.4 is 5.56 Å². The van der Waals surface area contributed by atoms with Gasteiger partial charge in [0.2, 0.25) is 5.91 Å². The van der Waals surface area contributed by atoms with Crippen molar-refractivity contribution in [3.63, 3.8) is 0 Å². The second-order valence-electron chi connectivity index (χ2n) is 7.31. The number of aryl methyl sites for hydroxylation is 1. The highest BCUT2D eigenvalue weighted by molar-refractivity contribution is 7.99. The first-order valence-electron chi connectivity index (χ1n) is 9.71. The largest absolute Gasteiger partial charge is 0.339 e. The summed E-state index contributed by atoms with van der Waals surface area (Å²) in [7, 11) is 2.07. The number of carbonyl (C=O) groups excluding carboxylic acids is 1. The van der Waals surface area contributed by atoms with Crippen LogP contribution in [0.1, 0.15) is 5.56 Å². The van der Waals surface area contributed by atoms with Gasteiger partial charge in [0.1, 0.15) is 0 Å². The lowest BCUT2D eigenvalue weighted by Gasteiger charge is -2.32. The molecule has 1 aromatic heterocycles. The molecule has 2 aromatic carbocycles. The zero-order valence-electron chi connectivity index (χ0n) is 16.7. The average molecular weight is 409 g/mol. The van der Waals surface area contributed by atoms with Crippen LogP contribution in [0.3, 0.4) is 0 Å². The van der Waals surface area contributed by atoms with Crippen LogP contribution in [0, 0.1) is 6.92 Å². The molecule has 0 unspecified atom stereocenters. The lowest BCUT2D eigenvalue weighted by Crippen LogP contribution is -2.47. The molecule has 1 saturated heterocycles. The Hall–Kier alpha value is -2.64. The third-order valence-corrected chi connectivity index (χ3v) is 6.21. The molecule has 0 aliphatic carbocycles. The molecule has 2 heterocycles. The Kier molecular flexibility index (Phi) is 5.69. The van der Waals surface area contributed by atoms with E-state index in [2.05, 4.69) is 11.9 Å². The van der Waals surface area contributed by atoms with Gasteiger partial charge in [-0.25, -0.2) is 4.98 Å². The zero-order valence-corrected chi connectivity index (χ0v) is 17.5. The van der Waals surface area contributed by atoms with Crippen LogP contribution in [-0.4, -0.2) is 64.2 Å². The van der Waals surface area contributed by atoms with Crippen molar-refractivity contribution in [2.75, 3.05) is 39.0 Å². The number of rotatable bonds is 4. The van der Waals surface area contributed by atoms with Crippen molar-refractivity contribution >= 4 is 28.6 Å². The number of likely N-dealkylation sites (N-methyl/N-ethyl adjacent to an activating group) is 1. The Morgan fingerprint density at radius 2 is 1.72 bits per heavy atom. The molecule has 7 heteroatoms. The van der Waals surface area contributed by atoms with Gasteiger partial charge in [-0.15, -0.1) is 0 Å². The Morgan fingerprint density at radius 3 is 2.48 bits per heavy atom. The van der Waals surface area contributed by atoms with Crippen LogP contribution in [0.4, 0.5) is 0 Å². The molecule has 0 bridgehead atoms. The van der Waals surface area contributed by atoms with Crippen LogP contribution in [0.5, 0.6) is 0 Å². The van der Waals surface area contributed by atoms with Crippen molar-refractivity contribution in [2.24, 2.45) is 0 Å². The standard InChI is InChI=1S/C22H24N4O2S/c1-16-7-3-6-10-19(16)26-21(28)17-8-4-5-9-18(17)23-22(26)29-15-20(27)25-13-11-24(2)12-14-25/h3-10H,11-15H2,1-2H3. The van der Waals surface area contributed by atoms with E-state index in [1.807, 2.05) is 54.3 Å². The Labute approximate surface area is 174 Å². The lowest BCUT2D eigenvalue weighted by atomic mass is 10.2. The molecular formula is C22H24N4O2S. The molecule has 6 nitrogen and oxygen atoms in total. The van der Waals surface area contributed by atoms with Gasteiger partial charge in [0, 0.05) is 26.2 Å². The first-order chi connectivity index (χ1) is 14.0. The summed E-state index contributed by atoms with van der Waals surface area (Å²) in [5.74, 6) is 0.349. The van der Waals surface area contributed by atoms with Crippen LogP contribution in [0.15, 0.2) is 58.5 Å². The van der Waals surface area contributed by atoms with Gasteiger partial charge in [0.15, 0.2) is 5.16 Å². The van der Waals surface area contributed by atoms with E-state index in [0.717, 1.165) is 37.4 Å². The normalized spacial score (nSPS) is 15.0. The summed E-state index contributed by atoms with van der Waals surface area (Å²) in [6.07, 6.45) is 0. The maximum Gasteiger partial charge on any atom is 0.266 e. The number of carbonyl (C=O) groups is 1. The highest BCUT2D eigenvalue weighted by atomic mass is 32.2. The van der Waals surface area contributed by atoms with Gasteiger partial charge in [0.05, 0.1) is 22.3 Å². The number of nitrogens with zero attached hydrogens (tertiary/aromatic N) is 4. The summed E-state index contributed by atoms with van der Waals surface area (Å²) in [6.45, 7) is 5.23. The molecule has 1 aliphatic heterocycles. The molecule has 1 fully saturated rings. The van der Waals surface area contributed by atoms with Crippen molar-refractivity contribution in [1.29, 1.82) is 0 Å². The zero-order chi connectivity index (χ0) is 20.4. The van der Waals surface area contributed by atoms with E-state index in [9.17, 15) is 9.59 Å².